The summed E-state index contributed by atoms with van der Waals surface area (Å²) in [6, 6.07) is 3.64. The van der Waals surface area contributed by atoms with Gasteiger partial charge in [0.25, 0.3) is 0 Å². The van der Waals surface area contributed by atoms with Crippen LogP contribution in [0, 0.1) is 10.1 Å². The molecule has 4 rings (SSSR count). The molecule has 1 aromatic carbocycles. The van der Waals surface area contributed by atoms with Gasteiger partial charge in [0.05, 0.1) is 43.4 Å². The van der Waals surface area contributed by atoms with Crippen molar-refractivity contribution in [2.45, 2.75) is 0 Å². The first-order chi connectivity index (χ1) is 15.0. The largest absolute Gasteiger partial charge is 0.490 e. The first-order valence-electron chi connectivity index (χ1n) is 9.71. The minimum absolute atomic E-state index is 0.0703. The lowest BCUT2D eigenvalue weighted by atomic mass is 10.0. The SMILES string of the molecule is COc1ncc(N2CCN(c3cc(OC)c([N+](=O)[O-])cc3-c3cnn(C)c3)CC2)cn1. The molecule has 1 aliphatic heterocycles. The van der Waals surface area contributed by atoms with E-state index >= 15 is 0 Å². The van der Waals surface area contributed by atoms with E-state index in [2.05, 4.69) is 24.9 Å². The Hall–Kier alpha value is -3.89. The Morgan fingerprint density at radius 3 is 2.23 bits per heavy atom. The Balaban J connectivity index is 1.63. The molecule has 2 aromatic heterocycles. The van der Waals surface area contributed by atoms with Gasteiger partial charge in [-0.15, -0.1) is 0 Å². The van der Waals surface area contributed by atoms with Crippen molar-refractivity contribution in [1.29, 1.82) is 0 Å². The average Bonchev–Trinajstić information content (AvgIpc) is 3.24. The van der Waals surface area contributed by atoms with Crippen molar-refractivity contribution in [3.8, 4) is 22.9 Å². The van der Waals surface area contributed by atoms with E-state index in [1.54, 1.807) is 35.4 Å². The normalized spacial score (nSPS) is 13.9. The van der Waals surface area contributed by atoms with Crippen LogP contribution < -0.4 is 19.3 Å². The third-order valence-corrected chi connectivity index (χ3v) is 5.29. The molecule has 1 saturated heterocycles. The monoisotopic (exact) mass is 425 g/mol. The summed E-state index contributed by atoms with van der Waals surface area (Å²) in [6.45, 7) is 2.95. The van der Waals surface area contributed by atoms with E-state index in [1.807, 2.05) is 13.2 Å². The predicted molar refractivity (Wildman–Crippen MR) is 115 cm³/mol. The summed E-state index contributed by atoms with van der Waals surface area (Å²) in [5.74, 6) is 0.235. The smallest absolute Gasteiger partial charge is 0.316 e. The maximum absolute atomic E-state index is 11.6. The van der Waals surface area contributed by atoms with Crippen LogP contribution in [-0.2, 0) is 7.05 Å². The Kier molecular flexibility index (Phi) is 5.56. The van der Waals surface area contributed by atoms with Gasteiger partial charge in [-0.05, 0) is 0 Å². The van der Waals surface area contributed by atoms with E-state index in [4.69, 9.17) is 9.47 Å². The van der Waals surface area contributed by atoms with Gasteiger partial charge in [0.1, 0.15) is 0 Å². The van der Waals surface area contributed by atoms with Crippen molar-refractivity contribution in [2.75, 3.05) is 50.2 Å². The van der Waals surface area contributed by atoms with Crippen molar-refractivity contribution in [1.82, 2.24) is 19.7 Å². The Bertz CT molecular complexity index is 1080. The topological polar surface area (TPSA) is 112 Å². The highest BCUT2D eigenvalue weighted by Crippen LogP contribution is 2.40. The summed E-state index contributed by atoms with van der Waals surface area (Å²) in [5.41, 5.74) is 3.30. The molecule has 1 aliphatic rings. The van der Waals surface area contributed by atoms with E-state index < -0.39 is 4.92 Å². The highest BCUT2D eigenvalue weighted by molar-refractivity contribution is 5.82. The second-order valence-electron chi connectivity index (χ2n) is 7.10. The third-order valence-electron chi connectivity index (χ3n) is 5.29. The lowest BCUT2D eigenvalue weighted by Crippen LogP contribution is -2.46. The lowest BCUT2D eigenvalue weighted by Gasteiger charge is -2.37. The van der Waals surface area contributed by atoms with Gasteiger partial charge in [-0.1, -0.05) is 0 Å². The van der Waals surface area contributed by atoms with Gasteiger partial charge in [0, 0.05) is 68.4 Å². The van der Waals surface area contributed by atoms with Gasteiger partial charge >= 0.3 is 11.7 Å². The molecule has 0 unspecified atom stereocenters. The minimum atomic E-state index is -0.426. The first kappa shape index (κ1) is 20.4. The van der Waals surface area contributed by atoms with E-state index in [-0.39, 0.29) is 11.4 Å². The molecule has 0 bridgehead atoms. The second-order valence-corrected chi connectivity index (χ2v) is 7.10. The van der Waals surface area contributed by atoms with Crippen LogP contribution in [0.5, 0.6) is 11.8 Å². The van der Waals surface area contributed by atoms with Gasteiger partial charge in [-0.2, -0.15) is 5.10 Å². The number of methoxy groups -OCH3 is 2. The summed E-state index contributed by atoms with van der Waals surface area (Å²) in [6.07, 6.45) is 7.05. The van der Waals surface area contributed by atoms with Crippen molar-refractivity contribution >= 4 is 17.1 Å². The molecule has 0 amide bonds. The zero-order chi connectivity index (χ0) is 22.0. The number of rotatable bonds is 6. The zero-order valence-electron chi connectivity index (χ0n) is 17.6. The molecule has 0 saturated carbocycles. The summed E-state index contributed by atoms with van der Waals surface area (Å²) >= 11 is 0. The molecule has 11 nitrogen and oxygen atoms in total. The number of aromatic nitrogens is 4. The molecule has 0 spiro atoms. The number of hydrogen-bond donors (Lipinski definition) is 0. The number of nitrogens with zero attached hydrogens (tertiary/aromatic N) is 7. The van der Waals surface area contributed by atoms with Crippen LogP contribution >= 0.6 is 0 Å². The molecule has 11 heteroatoms. The molecule has 0 N–H and O–H groups in total. The van der Waals surface area contributed by atoms with Gasteiger partial charge in [0.15, 0.2) is 5.75 Å². The number of nitro groups is 1. The van der Waals surface area contributed by atoms with Gasteiger partial charge < -0.3 is 19.3 Å². The number of piperazine rings is 1. The molecule has 1 fully saturated rings. The van der Waals surface area contributed by atoms with Gasteiger partial charge in [-0.25, -0.2) is 9.97 Å². The summed E-state index contributed by atoms with van der Waals surface area (Å²) in [5, 5.41) is 15.8. The highest BCUT2D eigenvalue weighted by Gasteiger charge is 2.26. The quantitative estimate of drug-likeness (QED) is 0.433. The van der Waals surface area contributed by atoms with Crippen LogP contribution in [0.15, 0.2) is 36.9 Å². The van der Waals surface area contributed by atoms with Crippen molar-refractivity contribution in [3.05, 3.63) is 47.0 Å². The lowest BCUT2D eigenvalue weighted by molar-refractivity contribution is -0.385. The molecule has 0 radical (unpaired) electrons. The van der Waals surface area contributed by atoms with Crippen LogP contribution in [0.2, 0.25) is 0 Å². The number of nitro benzene ring substituents is 1. The first-order valence-corrected chi connectivity index (χ1v) is 9.71. The summed E-state index contributed by atoms with van der Waals surface area (Å²) in [7, 11) is 4.79. The van der Waals surface area contributed by atoms with Crippen LogP contribution in [-0.4, -0.2) is 65.1 Å². The molecule has 162 valence electrons. The standard InChI is InChI=1S/C20H23N7O4/c1-24-13-14(10-23-24)16-8-18(27(28)29)19(30-2)9-17(16)26-6-4-25(5-7-26)15-11-21-20(31-3)22-12-15/h8-13H,4-7H2,1-3H3. The zero-order valence-corrected chi connectivity index (χ0v) is 17.6. The third kappa shape index (κ3) is 4.06. The Morgan fingerprint density at radius 2 is 1.68 bits per heavy atom. The van der Waals surface area contributed by atoms with Crippen molar-refractivity contribution in [2.24, 2.45) is 7.05 Å². The number of benzene rings is 1. The van der Waals surface area contributed by atoms with Gasteiger partial charge in [-0.3, -0.25) is 14.8 Å². The molecule has 3 aromatic rings. The van der Waals surface area contributed by atoms with Crippen LogP contribution in [0.25, 0.3) is 11.1 Å². The minimum Gasteiger partial charge on any atom is -0.490 e. The number of anilines is 2. The summed E-state index contributed by atoms with van der Waals surface area (Å²) < 4.78 is 12.0. The Labute approximate surface area is 179 Å². The maximum Gasteiger partial charge on any atom is 0.316 e. The number of hydrogen-bond acceptors (Lipinski definition) is 9. The van der Waals surface area contributed by atoms with E-state index in [9.17, 15) is 10.1 Å². The van der Waals surface area contributed by atoms with Crippen LogP contribution in [0.1, 0.15) is 0 Å². The fourth-order valence-corrected chi connectivity index (χ4v) is 3.70. The summed E-state index contributed by atoms with van der Waals surface area (Å²) in [4.78, 5) is 23.9. The molecule has 31 heavy (non-hydrogen) atoms. The fourth-order valence-electron chi connectivity index (χ4n) is 3.70. The van der Waals surface area contributed by atoms with Crippen molar-refractivity contribution < 1.29 is 14.4 Å². The molecular formula is C20H23N7O4. The van der Waals surface area contributed by atoms with Crippen LogP contribution in [0.4, 0.5) is 17.1 Å². The van der Waals surface area contributed by atoms with E-state index in [0.29, 0.717) is 6.01 Å². The average molecular weight is 425 g/mol. The van der Waals surface area contributed by atoms with Crippen LogP contribution in [0.3, 0.4) is 0 Å². The van der Waals surface area contributed by atoms with E-state index in [0.717, 1.165) is 48.7 Å². The molecule has 3 heterocycles. The van der Waals surface area contributed by atoms with Crippen molar-refractivity contribution in [3.63, 3.8) is 0 Å². The molecule has 0 aliphatic carbocycles. The number of aryl methyl sites for hydroxylation is 1. The Morgan fingerprint density at radius 1 is 1.00 bits per heavy atom. The highest BCUT2D eigenvalue weighted by atomic mass is 16.6. The second kappa shape index (κ2) is 8.46. The predicted octanol–water partition coefficient (Wildman–Crippen LogP) is 2.13. The van der Waals surface area contributed by atoms with E-state index in [1.165, 1.54) is 14.2 Å². The maximum atomic E-state index is 11.6. The number of ether oxygens (including phenoxy) is 2. The fraction of sp³-hybridized carbons (Fsp3) is 0.350. The van der Waals surface area contributed by atoms with Gasteiger partial charge in [0.2, 0.25) is 0 Å². The molecule has 0 atom stereocenters. The molecular weight excluding hydrogens is 402 g/mol.